The van der Waals surface area contributed by atoms with Crippen molar-refractivity contribution in [3.8, 4) is 39.1 Å². The zero-order valence-corrected chi connectivity index (χ0v) is 34.1. The van der Waals surface area contributed by atoms with Crippen LogP contribution in [0.4, 0.5) is 5.69 Å². The van der Waals surface area contributed by atoms with E-state index in [0.29, 0.717) is 0 Å². The van der Waals surface area contributed by atoms with Gasteiger partial charge < -0.3 is 9.88 Å². The molecular weight excluding hydrogens is 755 g/mol. The molecule has 5 nitrogen and oxygen atoms in total. The minimum atomic E-state index is -0.265. The van der Waals surface area contributed by atoms with E-state index in [1.807, 2.05) is 0 Å². The third-order valence-corrected chi connectivity index (χ3v) is 12.8. The summed E-state index contributed by atoms with van der Waals surface area (Å²) in [6.45, 7) is 0. The van der Waals surface area contributed by atoms with E-state index in [4.69, 9.17) is 4.99 Å². The Morgan fingerprint density at radius 2 is 1.11 bits per heavy atom. The monoisotopic (exact) mass is 797 g/mol. The van der Waals surface area contributed by atoms with E-state index in [1.54, 1.807) is 0 Å². The van der Waals surface area contributed by atoms with Crippen molar-refractivity contribution in [3.05, 3.63) is 246 Å². The molecule has 2 aliphatic heterocycles. The van der Waals surface area contributed by atoms with Crippen molar-refractivity contribution < 1.29 is 0 Å². The average Bonchev–Trinajstić information content (AvgIpc) is 3.86. The number of benzene rings is 8. The summed E-state index contributed by atoms with van der Waals surface area (Å²) in [4.78, 5) is 7.92. The third-order valence-electron chi connectivity index (χ3n) is 12.8. The van der Waals surface area contributed by atoms with Crippen LogP contribution in [0.5, 0.6) is 0 Å². The maximum atomic E-state index is 5.51. The first kappa shape index (κ1) is 36.1. The first-order valence-corrected chi connectivity index (χ1v) is 21.5. The van der Waals surface area contributed by atoms with Crippen LogP contribution >= 0.6 is 0 Å². The van der Waals surface area contributed by atoms with Gasteiger partial charge in [-0.25, -0.2) is 4.99 Å². The molecule has 0 fully saturated rings. The summed E-state index contributed by atoms with van der Waals surface area (Å²) in [6, 6.07) is 76.4. The molecule has 3 unspecified atom stereocenters. The molecule has 0 saturated carbocycles. The fraction of sp³-hybridized carbons (Fsp3) is 0.0702. The molecule has 0 bridgehead atoms. The van der Waals surface area contributed by atoms with E-state index in [2.05, 4.69) is 238 Å². The summed E-state index contributed by atoms with van der Waals surface area (Å²) in [5, 5.41) is 9.03. The smallest absolute Gasteiger partial charge is 0.206 e. The lowest BCUT2D eigenvalue weighted by Crippen LogP contribution is -2.51. The highest BCUT2D eigenvalue weighted by atomic mass is 15.4. The molecule has 0 radical (unpaired) electrons. The summed E-state index contributed by atoms with van der Waals surface area (Å²) < 4.78 is 2.56. The summed E-state index contributed by atoms with van der Waals surface area (Å²) in [5.74, 6) is 0.955. The Balaban J connectivity index is 1.03. The first-order valence-electron chi connectivity index (χ1n) is 21.5. The van der Waals surface area contributed by atoms with Gasteiger partial charge in [-0.05, 0) is 74.8 Å². The number of nitrogens with one attached hydrogen (secondary N) is 2. The minimum Gasteiger partial charge on any atom is -0.336 e. The highest BCUT2D eigenvalue weighted by Crippen LogP contribution is 2.51. The van der Waals surface area contributed by atoms with Gasteiger partial charge in [0.1, 0.15) is 12.3 Å². The molecule has 3 aliphatic rings. The Morgan fingerprint density at radius 1 is 0.500 bits per heavy atom. The standard InChI is InChI=1S/C57H43N5/c1-5-18-38(19-6-1)42-26-17-27-44(34-42)56-58-55(41-24-11-4-12-25-41)59-57(60-56)62-51-31-16-14-29-47(51)49-36-53-48(37-54(49)62)46-28-13-15-30-50(46)61(53)52-35-43(39-20-7-2-8-21-39)32-33-45(52)40-22-9-3-10-23-40/h1-35,37,49,55-56,58H,36H2,(H,59,60). The van der Waals surface area contributed by atoms with Gasteiger partial charge in [0.15, 0.2) is 0 Å². The van der Waals surface area contributed by atoms with Crippen LogP contribution in [-0.4, -0.2) is 10.5 Å². The zero-order chi connectivity index (χ0) is 41.0. The molecule has 2 N–H and O–H groups in total. The molecule has 0 amide bonds. The fourth-order valence-electron chi connectivity index (χ4n) is 9.90. The SMILES string of the molecule is C1=C2C(Cc3c1c1ccccc1n3-c1cc(-c3ccccc3)ccc1-c1ccccc1)c1ccccc1N2C1=NC(c2ccccc2)NC(c2cccc(-c3ccccc3)c2)N1. The predicted octanol–water partition coefficient (Wildman–Crippen LogP) is 13.1. The van der Waals surface area contributed by atoms with Gasteiger partial charge in [-0.1, -0.05) is 188 Å². The van der Waals surface area contributed by atoms with Crippen molar-refractivity contribution in [2.45, 2.75) is 24.7 Å². The number of anilines is 1. The van der Waals surface area contributed by atoms with E-state index in [0.717, 1.165) is 29.2 Å². The maximum Gasteiger partial charge on any atom is 0.206 e. The quantitative estimate of drug-likeness (QED) is 0.176. The summed E-state index contributed by atoms with van der Waals surface area (Å²) in [5.41, 5.74) is 18.1. The highest BCUT2D eigenvalue weighted by Gasteiger charge is 2.42. The predicted molar refractivity (Wildman–Crippen MR) is 255 cm³/mol. The van der Waals surface area contributed by atoms with E-state index in [9.17, 15) is 0 Å². The van der Waals surface area contributed by atoms with Gasteiger partial charge >= 0.3 is 0 Å². The van der Waals surface area contributed by atoms with Crippen LogP contribution in [0.2, 0.25) is 0 Å². The van der Waals surface area contributed by atoms with Gasteiger partial charge in [0.25, 0.3) is 0 Å². The fourth-order valence-corrected chi connectivity index (χ4v) is 9.90. The van der Waals surface area contributed by atoms with Crippen LogP contribution in [0.1, 0.15) is 46.2 Å². The van der Waals surface area contributed by atoms with Crippen molar-refractivity contribution >= 4 is 28.6 Å². The number of fused-ring (bicyclic) bond motifs is 6. The lowest BCUT2D eigenvalue weighted by atomic mass is 9.87. The summed E-state index contributed by atoms with van der Waals surface area (Å²) in [7, 11) is 0. The summed E-state index contributed by atoms with van der Waals surface area (Å²) in [6.07, 6.45) is 2.83. The van der Waals surface area contributed by atoms with Gasteiger partial charge in [0, 0.05) is 40.2 Å². The second-order valence-corrected chi connectivity index (χ2v) is 16.4. The molecule has 3 heterocycles. The largest absolute Gasteiger partial charge is 0.336 e. The van der Waals surface area contributed by atoms with Gasteiger partial charge in [-0.15, -0.1) is 0 Å². The maximum absolute atomic E-state index is 5.51. The van der Waals surface area contributed by atoms with Crippen LogP contribution in [0.15, 0.2) is 223 Å². The Labute approximate surface area is 362 Å². The van der Waals surface area contributed by atoms with Crippen LogP contribution in [-0.2, 0) is 6.42 Å². The second kappa shape index (κ2) is 15.1. The molecule has 0 saturated heterocycles. The van der Waals surface area contributed by atoms with Crippen molar-refractivity contribution in [1.29, 1.82) is 0 Å². The Kier molecular flexibility index (Phi) is 8.79. The highest BCUT2D eigenvalue weighted by molar-refractivity contribution is 6.06. The number of hydrogen-bond donors (Lipinski definition) is 2. The minimum absolute atomic E-state index is 0.119. The molecule has 0 spiro atoms. The number of nitrogens with zero attached hydrogens (tertiary/aromatic N) is 3. The van der Waals surface area contributed by atoms with Crippen molar-refractivity contribution in [1.82, 2.24) is 15.2 Å². The van der Waals surface area contributed by atoms with E-state index in [-0.39, 0.29) is 18.2 Å². The molecule has 62 heavy (non-hydrogen) atoms. The summed E-state index contributed by atoms with van der Waals surface area (Å²) >= 11 is 0. The number of guanidine groups is 1. The molecule has 296 valence electrons. The number of allylic oxidation sites excluding steroid dienone is 1. The van der Waals surface area contributed by atoms with Gasteiger partial charge in [-0.2, -0.15) is 0 Å². The molecule has 9 aromatic rings. The topological polar surface area (TPSA) is 44.6 Å². The van der Waals surface area contributed by atoms with Crippen LogP contribution in [0.3, 0.4) is 0 Å². The number of aliphatic imine (C=N–C) groups is 1. The molecule has 8 aromatic carbocycles. The van der Waals surface area contributed by atoms with Crippen LogP contribution < -0.4 is 15.5 Å². The zero-order valence-electron chi connectivity index (χ0n) is 34.1. The van der Waals surface area contributed by atoms with E-state index >= 15 is 0 Å². The normalized spacial score (nSPS) is 17.7. The lowest BCUT2D eigenvalue weighted by Gasteiger charge is -2.37. The Hall–Kier alpha value is -7.73. The number of hydrogen-bond acceptors (Lipinski definition) is 4. The number of aromatic nitrogens is 1. The molecule has 3 atom stereocenters. The number of rotatable bonds is 6. The van der Waals surface area contributed by atoms with Gasteiger partial charge in [0.05, 0.1) is 16.9 Å². The van der Waals surface area contributed by atoms with Gasteiger partial charge in [-0.3, -0.25) is 10.2 Å². The Bertz CT molecular complexity index is 3170. The second-order valence-electron chi connectivity index (χ2n) is 16.4. The van der Waals surface area contributed by atoms with Crippen LogP contribution in [0, 0.1) is 0 Å². The number of para-hydroxylation sites is 2. The van der Waals surface area contributed by atoms with Crippen molar-refractivity contribution in [3.63, 3.8) is 0 Å². The molecule has 1 aromatic heterocycles. The Morgan fingerprint density at radius 3 is 1.87 bits per heavy atom. The van der Waals surface area contributed by atoms with Crippen LogP contribution in [0.25, 0.3) is 56.0 Å². The van der Waals surface area contributed by atoms with E-state index < -0.39 is 0 Å². The van der Waals surface area contributed by atoms with Gasteiger partial charge in [0.2, 0.25) is 5.96 Å². The van der Waals surface area contributed by atoms with Crippen molar-refractivity contribution in [2.75, 3.05) is 4.90 Å². The molecule has 5 heteroatoms. The third kappa shape index (κ3) is 6.17. The molecule has 1 aliphatic carbocycles. The van der Waals surface area contributed by atoms with Crippen molar-refractivity contribution in [2.24, 2.45) is 4.99 Å². The molecular formula is C57H43N5. The lowest BCUT2D eigenvalue weighted by molar-refractivity contribution is 0.405. The molecule has 12 rings (SSSR count). The van der Waals surface area contributed by atoms with E-state index in [1.165, 1.54) is 72.5 Å². The first-order chi connectivity index (χ1) is 30.7. The average molecular weight is 798 g/mol.